The van der Waals surface area contributed by atoms with E-state index >= 15 is 0 Å². The lowest BCUT2D eigenvalue weighted by atomic mass is 9.91. The Balaban J connectivity index is 1.78. The van der Waals surface area contributed by atoms with E-state index < -0.39 is 0 Å². The second-order valence-corrected chi connectivity index (χ2v) is 5.08. The van der Waals surface area contributed by atoms with Crippen LogP contribution in [0.5, 0.6) is 0 Å². The van der Waals surface area contributed by atoms with Gasteiger partial charge >= 0.3 is 0 Å². The van der Waals surface area contributed by atoms with Crippen LogP contribution in [0.4, 0.5) is 4.39 Å². The average Bonchev–Trinajstić information content (AvgIpc) is 2.41. The van der Waals surface area contributed by atoms with Gasteiger partial charge in [0, 0.05) is 12.7 Å². The molecule has 0 bridgehead atoms. The molecule has 0 amide bonds. The van der Waals surface area contributed by atoms with Crippen molar-refractivity contribution in [3.63, 3.8) is 0 Å². The van der Waals surface area contributed by atoms with Crippen LogP contribution in [0.25, 0.3) is 0 Å². The first-order chi connectivity index (χ1) is 9.22. The normalized spacial score (nSPS) is 26.2. The molecule has 0 radical (unpaired) electrons. The Bertz CT molecular complexity index is 402. The maximum atomic E-state index is 13.4. The molecule has 1 aromatic carbocycles. The van der Waals surface area contributed by atoms with Gasteiger partial charge in [0.05, 0.1) is 31.3 Å². The van der Waals surface area contributed by atoms with E-state index in [0.29, 0.717) is 18.8 Å². The summed E-state index contributed by atoms with van der Waals surface area (Å²) in [5.74, 6) is -0.249. The van der Waals surface area contributed by atoms with Crippen LogP contribution >= 0.6 is 11.6 Å². The molecule has 2 rings (SSSR count). The van der Waals surface area contributed by atoms with Gasteiger partial charge in [-0.1, -0.05) is 18.2 Å². The molecular weight excluding hydrogens is 271 g/mol. The minimum Gasteiger partial charge on any atom is -0.382 e. The molecule has 3 atom stereocenters. The molecule has 1 saturated carbocycles. The van der Waals surface area contributed by atoms with Crippen LogP contribution in [0, 0.1) is 5.82 Å². The van der Waals surface area contributed by atoms with Gasteiger partial charge in [0.25, 0.3) is 0 Å². The van der Waals surface area contributed by atoms with E-state index in [4.69, 9.17) is 25.8 Å². The van der Waals surface area contributed by atoms with Crippen molar-refractivity contribution in [3.05, 3.63) is 35.6 Å². The topological polar surface area (TPSA) is 27.7 Å². The molecule has 1 aromatic rings. The second-order valence-electron chi connectivity index (χ2n) is 4.52. The summed E-state index contributed by atoms with van der Waals surface area (Å²) < 4.78 is 29.6. The van der Waals surface area contributed by atoms with Crippen molar-refractivity contribution in [2.24, 2.45) is 0 Å². The molecule has 3 unspecified atom stereocenters. The van der Waals surface area contributed by atoms with Crippen LogP contribution in [-0.4, -0.2) is 37.9 Å². The Labute approximate surface area is 117 Å². The van der Waals surface area contributed by atoms with Crippen molar-refractivity contribution >= 4 is 11.6 Å². The van der Waals surface area contributed by atoms with Crippen LogP contribution in [0.3, 0.4) is 0 Å². The maximum absolute atomic E-state index is 13.4. The Morgan fingerprint density at radius 2 is 2.05 bits per heavy atom. The van der Waals surface area contributed by atoms with E-state index in [0.717, 1.165) is 6.42 Å². The zero-order valence-electron chi connectivity index (χ0n) is 10.9. The highest BCUT2D eigenvalue weighted by Gasteiger charge is 2.41. The highest BCUT2D eigenvalue weighted by atomic mass is 35.5. The monoisotopic (exact) mass is 288 g/mol. The fourth-order valence-corrected chi connectivity index (χ4v) is 2.39. The molecule has 0 aliphatic heterocycles. The lowest BCUT2D eigenvalue weighted by molar-refractivity contribution is -0.135. The fraction of sp³-hybridized carbons (Fsp3) is 0.571. The van der Waals surface area contributed by atoms with Crippen LogP contribution in [0.2, 0.25) is 0 Å². The van der Waals surface area contributed by atoms with Gasteiger partial charge < -0.3 is 14.2 Å². The summed E-state index contributed by atoms with van der Waals surface area (Å²) in [5.41, 5.74) is 0.552. The van der Waals surface area contributed by atoms with Gasteiger partial charge in [0.15, 0.2) is 0 Å². The molecule has 0 N–H and O–H groups in total. The lowest BCUT2D eigenvalue weighted by Crippen LogP contribution is -2.51. The number of methoxy groups -OCH3 is 1. The summed E-state index contributed by atoms with van der Waals surface area (Å²) in [6, 6.07) is 6.59. The van der Waals surface area contributed by atoms with Crippen molar-refractivity contribution in [2.45, 2.75) is 30.6 Å². The third-order valence-corrected chi connectivity index (χ3v) is 3.62. The first-order valence-electron chi connectivity index (χ1n) is 6.32. The lowest BCUT2D eigenvalue weighted by Gasteiger charge is -2.40. The fourth-order valence-electron chi connectivity index (χ4n) is 1.98. The third-order valence-electron chi connectivity index (χ3n) is 3.19. The highest BCUT2D eigenvalue weighted by molar-refractivity contribution is 6.21. The Morgan fingerprint density at radius 3 is 2.74 bits per heavy atom. The quantitative estimate of drug-likeness (QED) is 0.570. The summed E-state index contributed by atoms with van der Waals surface area (Å²) in [6.07, 6.45) is 0.524. The van der Waals surface area contributed by atoms with E-state index in [1.54, 1.807) is 25.3 Å². The number of halogens is 2. The van der Waals surface area contributed by atoms with Crippen LogP contribution < -0.4 is 0 Å². The number of hydrogen-bond donors (Lipinski definition) is 0. The summed E-state index contributed by atoms with van der Waals surface area (Å²) in [7, 11) is 1.62. The molecule has 1 aliphatic rings. The van der Waals surface area contributed by atoms with Gasteiger partial charge in [0.1, 0.15) is 11.9 Å². The summed E-state index contributed by atoms with van der Waals surface area (Å²) in [5, 5.41) is -0.0394. The van der Waals surface area contributed by atoms with Crippen molar-refractivity contribution < 1.29 is 18.6 Å². The van der Waals surface area contributed by atoms with Crippen LogP contribution in [0.1, 0.15) is 12.0 Å². The second kappa shape index (κ2) is 7.20. The molecule has 0 spiro atoms. The van der Waals surface area contributed by atoms with Crippen LogP contribution in [-0.2, 0) is 20.8 Å². The van der Waals surface area contributed by atoms with Gasteiger partial charge in [0.2, 0.25) is 0 Å². The van der Waals surface area contributed by atoms with Gasteiger partial charge in [-0.15, -0.1) is 11.6 Å². The first kappa shape index (κ1) is 14.7. The molecular formula is C14H18ClFO3. The third kappa shape index (κ3) is 3.89. The molecule has 0 aromatic heterocycles. The van der Waals surface area contributed by atoms with Gasteiger partial charge in [-0.25, -0.2) is 4.39 Å². The highest BCUT2D eigenvalue weighted by Crippen LogP contribution is 2.32. The Kier molecular flexibility index (Phi) is 5.58. The molecule has 3 nitrogen and oxygen atoms in total. The van der Waals surface area contributed by atoms with E-state index in [2.05, 4.69) is 0 Å². The van der Waals surface area contributed by atoms with Crippen molar-refractivity contribution in [3.8, 4) is 0 Å². The van der Waals surface area contributed by atoms with Gasteiger partial charge in [-0.2, -0.15) is 0 Å². The zero-order valence-corrected chi connectivity index (χ0v) is 11.6. The molecule has 1 fully saturated rings. The molecule has 1 aliphatic carbocycles. The van der Waals surface area contributed by atoms with E-state index in [1.165, 1.54) is 6.07 Å². The van der Waals surface area contributed by atoms with E-state index in [9.17, 15) is 4.39 Å². The number of benzene rings is 1. The largest absolute Gasteiger partial charge is 0.382 e. The minimum absolute atomic E-state index is 0.0394. The standard InChI is InChI=1S/C14H18ClFO3/c1-17-6-7-18-14-11(15)8-13(14)19-9-10-4-2-3-5-12(10)16/h2-5,11,13-14H,6-9H2,1H3. The van der Waals surface area contributed by atoms with Crippen molar-refractivity contribution in [1.29, 1.82) is 0 Å². The molecule has 0 saturated heterocycles. The average molecular weight is 289 g/mol. The summed E-state index contributed by atoms with van der Waals surface area (Å²) >= 11 is 6.08. The SMILES string of the molecule is COCCOC1C(Cl)CC1OCc1ccccc1F. The predicted molar refractivity (Wildman–Crippen MR) is 70.9 cm³/mol. The Morgan fingerprint density at radius 1 is 1.26 bits per heavy atom. The molecule has 0 heterocycles. The number of rotatable bonds is 7. The van der Waals surface area contributed by atoms with Crippen molar-refractivity contribution in [1.82, 2.24) is 0 Å². The number of ether oxygens (including phenoxy) is 3. The number of hydrogen-bond acceptors (Lipinski definition) is 3. The van der Waals surface area contributed by atoms with Crippen LogP contribution in [0.15, 0.2) is 24.3 Å². The zero-order chi connectivity index (χ0) is 13.7. The van der Waals surface area contributed by atoms with Gasteiger partial charge in [-0.05, 0) is 12.5 Å². The number of alkyl halides is 1. The first-order valence-corrected chi connectivity index (χ1v) is 6.75. The summed E-state index contributed by atoms with van der Waals surface area (Å²) in [6.45, 7) is 1.26. The van der Waals surface area contributed by atoms with Gasteiger partial charge in [-0.3, -0.25) is 0 Å². The Hall–Kier alpha value is -0.680. The van der Waals surface area contributed by atoms with E-state index in [1.807, 2.05) is 0 Å². The summed E-state index contributed by atoms with van der Waals surface area (Å²) in [4.78, 5) is 0. The minimum atomic E-state index is -0.249. The van der Waals surface area contributed by atoms with E-state index in [-0.39, 0.29) is 30.0 Å². The molecule has 5 heteroatoms. The molecule has 19 heavy (non-hydrogen) atoms. The predicted octanol–water partition coefficient (Wildman–Crippen LogP) is 2.75. The maximum Gasteiger partial charge on any atom is 0.128 e. The van der Waals surface area contributed by atoms with Crippen molar-refractivity contribution in [2.75, 3.05) is 20.3 Å². The molecule has 106 valence electrons. The smallest absolute Gasteiger partial charge is 0.128 e.